The lowest BCUT2D eigenvalue weighted by atomic mass is 10.0. The molecule has 0 fully saturated rings. The highest BCUT2D eigenvalue weighted by molar-refractivity contribution is 7.47. The third-order valence-electron chi connectivity index (χ3n) is 19.5. The Morgan fingerprint density at radius 2 is 0.461 bits per heavy atom. The second-order valence-electron chi connectivity index (χ2n) is 30.7. The van der Waals surface area contributed by atoms with Gasteiger partial charge in [0.05, 0.1) is 26.4 Å². The van der Waals surface area contributed by atoms with Crippen LogP contribution in [-0.4, -0.2) is 95.9 Å². The van der Waals surface area contributed by atoms with Crippen molar-refractivity contribution in [2.24, 2.45) is 0 Å². The van der Waals surface area contributed by atoms with E-state index in [1.165, 1.54) is 173 Å². The van der Waals surface area contributed by atoms with E-state index in [9.17, 15) is 43.5 Å². The summed E-state index contributed by atoms with van der Waals surface area (Å²) in [6.45, 7) is 2.48. The quantitative estimate of drug-likeness (QED) is 0.0146. The maximum atomic E-state index is 13.0. The summed E-state index contributed by atoms with van der Waals surface area (Å²) in [6, 6.07) is 0. The van der Waals surface area contributed by atoms with E-state index in [0.717, 1.165) is 161 Å². The van der Waals surface area contributed by atoms with Crippen LogP contribution in [0.3, 0.4) is 0 Å². The molecule has 0 amide bonds. The van der Waals surface area contributed by atoms with Gasteiger partial charge in [-0.25, -0.2) is 9.13 Å². The highest BCUT2D eigenvalue weighted by atomic mass is 31.2. The van der Waals surface area contributed by atoms with E-state index in [1.54, 1.807) is 0 Å². The summed E-state index contributed by atoms with van der Waals surface area (Å²) in [5.41, 5.74) is 0. The van der Waals surface area contributed by atoms with E-state index in [0.29, 0.717) is 19.3 Å². The Labute approximate surface area is 702 Å². The van der Waals surface area contributed by atoms with Crippen molar-refractivity contribution in [3.8, 4) is 0 Å². The Morgan fingerprint density at radius 3 is 0.739 bits per heavy atom. The standard InChI is InChI=1S/C97H168O16P2/c1-4-7-10-13-16-19-22-25-27-29-31-33-35-37-39-41-43-44-45-46-48-50-51-53-55-57-59-61-63-66-68-71-74-77-80-83-95(100)107-86-92(98)87-109-114(103,104)110-88-93(99)89-111-115(105,106)112-91-94(113-97(102)85-82-79-76-73-70-65-24-21-18-15-12-9-6-3)90-108-96(101)84-81-78-75-72-69-67-64-62-60-58-56-54-52-49-47-42-40-38-36-34-32-30-28-26-23-20-17-14-11-8-5-2/h7-8,10-11,16-17,19-21,24-28,31-34,37-40,47,49,92-94,98-99H,4-6,9,12-15,18,22-23,29-30,35-36,41-46,48,50-91H2,1-3H3,(H,103,104)(H,105,106)/b10-7-,11-8-,19-16-,20-17-,24-21-,27-25-,28-26-,33-31-,34-32-,39-37-,40-38-,49-47-. The number of carbonyl (C=O) groups excluding carboxylic acids is 3. The molecule has 5 unspecified atom stereocenters. The molecule has 0 aliphatic rings. The zero-order chi connectivity index (χ0) is 83.6. The van der Waals surface area contributed by atoms with Crippen LogP contribution in [0.1, 0.15) is 393 Å². The first-order chi connectivity index (χ1) is 56.2. The predicted octanol–water partition coefficient (Wildman–Crippen LogP) is 28.3. The Balaban J connectivity index is 4.38. The fourth-order valence-electron chi connectivity index (χ4n) is 12.6. The second-order valence-corrected chi connectivity index (χ2v) is 33.6. The molecule has 0 aromatic carbocycles. The van der Waals surface area contributed by atoms with E-state index in [1.807, 2.05) is 0 Å². The molecule has 18 heteroatoms. The van der Waals surface area contributed by atoms with Crippen LogP contribution in [0.25, 0.3) is 0 Å². The maximum Gasteiger partial charge on any atom is 0.472 e. The minimum atomic E-state index is -4.94. The fourth-order valence-corrected chi connectivity index (χ4v) is 14.2. The molecule has 0 spiro atoms. The monoisotopic (exact) mass is 1650 g/mol. The Hall–Kier alpha value is -4.57. The van der Waals surface area contributed by atoms with Gasteiger partial charge in [-0.1, -0.05) is 378 Å². The maximum absolute atomic E-state index is 13.0. The number of ether oxygens (including phenoxy) is 3. The highest BCUT2D eigenvalue weighted by Crippen LogP contribution is 2.45. The fraction of sp³-hybridized carbons (Fsp3) is 0.722. The molecule has 5 atom stereocenters. The van der Waals surface area contributed by atoms with Gasteiger partial charge in [-0.15, -0.1) is 0 Å². The average molecular weight is 1650 g/mol. The number of esters is 3. The lowest BCUT2D eigenvalue weighted by molar-refractivity contribution is -0.161. The topological polar surface area (TPSA) is 231 Å². The number of hydrogen-bond acceptors (Lipinski definition) is 14. The number of phosphoric acid groups is 2. The van der Waals surface area contributed by atoms with Crippen LogP contribution in [0.15, 0.2) is 146 Å². The normalized spacial score (nSPS) is 14.5. The zero-order valence-electron chi connectivity index (χ0n) is 72.9. The molecule has 662 valence electrons. The summed E-state index contributed by atoms with van der Waals surface area (Å²) < 4.78 is 61.4. The molecule has 0 saturated carbocycles. The van der Waals surface area contributed by atoms with E-state index in [2.05, 4.69) is 167 Å². The summed E-state index contributed by atoms with van der Waals surface area (Å²) >= 11 is 0. The minimum absolute atomic E-state index is 0.0935. The van der Waals surface area contributed by atoms with Crippen LogP contribution in [0.5, 0.6) is 0 Å². The van der Waals surface area contributed by atoms with Crippen molar-refractivity contribution < 1.29 is 75.8 Å². The van der Waals surface area contributed by atoms with Gasteiger partial charge >= 0.3 is 33.6 Å². The van der Waals surface area contributed by atoms with Crippen LogP contribution >= 0.6 is 15.6 Å². The van der Waals surface area contributed by atoms with Crippen LogP contribution in [0.2, 0.25) is 0 Å². The van der Waals surface area contributed by atoms with E-state index in [-0.39, 0.29) is 19.3 Å². The first kappa shape index (κ1) is 110. The van der Waals surface area contributed by atoms with Crippen molar-refractivity contribution in [3.05, 3.63) is 146 Å². The van der Waals surface area contributed by atoms with Gasteiger partial charge in [0.25, 0.3) is 0 Å². The molecular weight excluding hydrogens is 1480 g/mol. The van der Waals surface area contributed by atoms with Crippen molar-refractivity contribution in [2.45, 2.75) is 411 Å². The van der Waals surface area contributed by atoms with Crippen LogP contribution < -0.4 is 0 Å². The molecule has 0 aliphatic heterocycles. The Kier molecular flexibility index (Phi) is 85.2. The van der Waals surface area contributed by atoms with Gasteiger partial charge in [-0.2, -0.15) is 0 Å². The van der Waals surface area contributed by atoms with Gasteiger partial charge in [0, 0.05) is 19.3 Å². The third kappa shape index (κ3) is 90.0. The summed E-state index contributed by atoms with van der Waals surface area (Å²) in [5.74, 6) is -1.57. The molecule has 0 radical (unpaired) electrons. The van der Waals surface area contributed by atoms with Crippen molar-refractivity contribution in [2.75, 3.05) is 39.6 Å². The third-order valence-corrected chi connectivity index (χ3v) is 21.4. The SMILES string of the molecule is CC/C=C\C/C=C\C/C=C\C/C=C\C/C=C\C/C=C\CCCCCCCCCCCCCCC(=O)OCC(COP(=O)(O)OCC(O)COP(=O)(O)OCC(O)COC(=O)CCCCCCCCCCCCCCCCCCCCC/C=C\C/C=C\C/C=C\C/C=C\C/C=C\CC)OC(=O)CCCCCCC/C=C\CCCCCC. The Bertz CT molecular complexity index is 2670. The summed E-state index contributed by atoms with van der Waals surface area (Å²) in [7, 11) is -9.80. The molecule has 0 heterocycles. The van der Waals surface area contributed by atoms with Crippen LogP contribution in [-0.2, 0) is 55.8 Å². The van der Waals surface area contributed by atoms with Gasteiger partial charge < -0.3 is 34.2 Å². The zero-order valence-corrected chi connectivity index (χ0v) is 74.7. The predicted molar refractivity (Wildman–Crippen MR) is 482 cm³/mol. The molecule has 0 bridgehead atoms. The molecular formula is C97H168O16P2. The van der Waals surface area contributed by atoms with E-state index < -0.39 is 91.5 Å². The molecule has 115 heavy (non-hydrogen) atoms. The van der Waals surface area contributed by atoms with E-state index >= 15 is 0 Å². The first-order valence-electron chi connectivity index (χ1n) is 46.1. The molecule has 0 saturated heterocycles. The van der Waals surface area contributed by atoms with Gasteiger partial charge in [0.15, 0.2) is 6.10 Å². The number of hydrogen-bond donors (Lipinski definition) is 4. The number of rotatable bonds is 87. The average Bonchev–Trinajstić information content (AvgIpc) is 0.885. The number of aliphatic hydroxyl groups is 2. The smallest absolute Gasteiger partial charge is 0.463 e. The lowest BCUT2D eigenvalue weighted by Gasteiger charge is -2.21. The molecule has 0 aromatic rings. The first-order valence-corrected chi connectivity index (χ1v) is 49.1. The van der Waals surface area contributed by atoms with Crippen molar-refractivity contribution in [3.63, 3.8) is 0 Å². The summed E-state index contributed by atoms with van der Waals surface area (Å²) in [6.07, 6.45) is 112. The molecule has 0 aromatic heterocycles. The number of carbonyl (C=O) groups is 3. The lowest BCUT2D eigenvalue weighted by Crippen LogP contribution is -2.30. The number of phosphoric ester groups is 2. The molecule has 16 nitrogen and oxygen atoms in total. The Morgan fingerprint density at radius 1 is 0.252 bits per heavy atom. The molecule has 0 aliphatic carbocycles. The highest BCUT2D eigenvalue weighted by Gasteiger charge is 2.29. The van der Waals surface area contributed by atoms with Gasteiger partial charge in [0.2, 0.25) is 0 Å². The van der Waals surface area contributed by atoms with Crippen LogP contribution in [0, 0.1) is 0 Å². The van der Waals surface area contributed by atoms with E-state index in [4.69, 9.17) is 32.3 Å². The summed E-state index contributed by atoms with van der Waals surface area (Å²) in [5, 5.41) is 20.7. The number of unbranched alkanes of at least 4 members (excludes halogenated alkanes) is 40. The van der Waals surface area contributed by atoms with Crippen molar-refractivity contribution >= 4 is 33.6 Å². The number of aliphatic hydroxyl groups excluding tert-OH is 2. The molecule has 0 rings (SSSR count). The summed E-state index contributed by atoms with van der Waals surface area (Å²) in [4.78, 5) is 58.8. The largest absolute Gasteiger partial charge is 0.472 e. The second kappa shape index (κ2) is 88.7. The minimum Gasteiger partial charge on any atom is -0.463 e. The number of allylic oxidation sites excluding steroid dienone is 24. The van der Waals surface area contributed by atoms with Gasteiger partial charge in [-0.3, -0.25) is 32.5 Å². The van der Waals surface area contributed by atoms with Gasteiger partial charge in [-0.05, 0) is 141 Å². The van der Waals surface area contributed by atoms with Crippen molar-refractivity contribution in [1.29, 1.82) is 0 Å². The molecule has 4 N–H and O–H groups in total. The van der Waals surface area contributed by atoms with Crippen LogP contribution in [0.4, 0.5) is 0 Å². The van der Waals surface area contributed by atoms with Crippen molar-refractivity contribution in [1.82, 2.24) is 0 Å². The van der Waals surface area contributed by atoms with Gasteiger partial charge in [0.1, 0.15) is 25.4 Å².